The lowest BCUT2D eigenvalue weighted by Gasteiger charge is -2.40. The molecule has 4 nitrogen and oxygen atoms in total. The average molecular weight is 424 g/mol. The van der Waals surface area contributed by atoms with E-state index in [-0.39, 0.29) is 11.9 Å². The summed E-state index contributed by atoms with van der Waals surface area (Å²) >= 11 is 3.22. The van der Waals surface area contributed by atoms with Crippen LogP contribution in [0.1, 0.15) is 34.5 Å². The number of carbonyl (C=O) groups excluding carboxylic acids is 1. The zero-order chi connectivity index (χ0) is 19.8. The number of thiophene rings is 1. The summed E-state index contributed by atoms with van der Waals surface area (Å²) in [6.45, 7) is 2.10. The molecule has 3 aromatic rings. The third kappa shape index (κ3) is 3.77. The SMILES string of the molecule is CN(C(=O)c1csc(-c2cccs2)n1)[C@@H]1CCCN(C2Cc3ccccc3C2)C1. The number of likely N-dealkylation sites (tertiary alicyclic amines) is 1. The molecule has 1 atom stereocenters. The monoisotopic (exact) mass is 423 g/mol. The number of likely N-dealkylation sites (N-methyl/N-ethyl adjacent to an activating group) is 1. The Kier molecular flexibility index (Phi) is 5.24. The first kappa shape index (κ1) is 19.0. The van der Waals surface area contributed by atoms with Gasteiger partial charge in [-0.1, -0.05) is 30.3 Å². The second-order valence-corrected chi connectivity index (χ2v) is 9.86. The Morgan fingerprint density at radius 1 is 1.14 bits per heavy atom. The first-order valence-electron chi connectivity index (χ1n) is 10.3. The van der Waals surface area contributed by atoms with Gasteiger partial charge < -0.3 is 4.90 Å². The zero-order valence-electron chi connectivity index (χ0n) is 16.6. The van der Waals surface area contributed by atoms with Gasteiger partial charge in [0, 0.05) is 31.1 Å². The predicted molar refractivity (Wildman–Crippen MR) is 120 cm³/mol. The number of thiazole rings is 1. The van der Waals surface area contributed by atoms with Gasteiger partial charge in [0.25, 0.3) is 5.91 Å². The van der Waals surface area contributed by atoms with Crippen molar-refractivity contribution in [3.8, 4) is 9.88 Å². The van der Waals surface area contributed by atoms with Crippen LogP contribution in [-0.4, -0.2) is 52.9 Å². The molecule has 6 heteroatoms. The van der Waals surface area contributed by atoms with Crippen LogP contribution >= 0.6 is 22.7 Å². The van der Waals surface area contributed by atoms with E-state index in [9.17, 15) is 4.79 Å². The summed E-state index contributed by atoms with van der Waals surface area (Å²) in [5.41, 5.74) is 3.56. The van der Waals surface area contributed by atoms with Crippen LogP contribution in [-0.2, 0) is 12.8 Å². The van der Waals surface area contributed by atoms with Crippen LogP contribution in [0.2, 0.25) is 0 Å². The van der Waals surface area contributed by atoms with Crippen molar-refractivity contribution < 1.29 is 4.79 Å². The van der Waals surface area contributed by atoms with Gasteiger partial charge in [0.2, 0.25) is 0 Å². The molecule has 29 heavy (non-hydrogen) atoms. The molecule has 150 valence electrons. The molecule has 2 aliphatic rings. The number of fused-ring (bicyclic) bond motifs is 1. The van der Waals surface area contributed by atoms with Gasteiger partial charge in [-0.15, -0.1) is 22.7 Å². The van der Waals surface area contributed by atoms with Crippen LogP contribution < -0.4 is 0 Å². The lowest BCUT2D eigenvalue weighted by molar-refractivity contribution is 0.0551. The fraction of sp³-hybridized carbons (Fsp3) is 0.391. The standard InChI is InChI=1S/C23H25N3OS2/c1-25(23(27)20-15-29-22(24-20)21-9-5-11-28-21)18-8-4-10-26(14-18)19-12-16-6-2-3-7-17(16)13-19/h2-3,5-7,9,11,15,18-19H,4,8,10,12-14H2,1H3/t18-/m1/s1. The zero-order valence-corrected chi connectivity index (χ0v) is 18.2. The van der Waals surface area contributed by atoms with Crippen LogP contribution in [0.3, 0.4) is 0 Å². The fourth-order valence-electron chi connectivity index (χ4n) is 4.66. The molecule has 1 aromatic carbocycles. The van der Waals surface area contributed by atoms with Gasteiger partial charge in [-0.25, -0.2) is 4.98 Å². The van der Waals surface area contributed by atoms with E-state index in [0.717, 1.165) is 48.7 Å². The normalized spacial score (nSPS) is 20.0. The van der Waals surface area contributed by atoms with E-state index in [0.29, 0.717) is 11.7 Å². The maximum atomic E-state index is 13.1. The van der Waals surface area contributed by atoms with Crippen molar-refractivity contribution in [1.82, 2.24) is 14.8 Å². The molecule has 0 radical (unpaired) electrons. The molecule has 1 aliphatic carbocycles. The number of hydrogen-bond donors (Lipinski definition) is 0. The molecule has 0 spiro atoms. The van der Waals surface area contributed by atoms with Gasteiger partial charge in [-0.3, -0.25) is 9.69 Å². The molecule has 3 heterocycles. The van der Waals surface area contributed by atoms with Gasteiger partial charge in [0.1, 0.15) is 10.7 Å². The van der Waals surface area contributed by atoms with Gasteiger partial charge in [-0.05, 0) is 54.8 Å². The Bertz CT molecular complexity index is 972. The first-order valence-corrected chi connectivity index (χ1v) is 12.0. The van der Waals surface area contributed by atoms with E-state index in [2.05, 4.69) is 40.2 Å². The number of piperidine rings is 1. The molecule has 1 fully saturated rings. The summed E-state index contributed by atoms with van der Waals surface area (Å²) in [5, 5.41) is 4.88. The van der Waals surface area contributed by atoms with E-state index >= 15 is 0 Å². The van der Waals surface area contributed by atoms with Gasteiger partial charge in [0.15, 0.2) is 0 Å². The Hall–Kier alpha value is -2.02. The first-order chi connectivity index (χ1) is 14.2. The summed E-state index contributed by atoms with van der Waals surface area (Å²) in [7, 11) is 1.95. The minimum atomic E-state index is 0.0469. The molecule has 0 bridgehead atoms. The molecule has 0 N–H and O–H groups in total. The molecule has 0 unspecified atom stereocenters. The second kappa shape index (κ2) is 8.01. The highest BCUT2D eigenvalue weighted by Crippen LogP contribution is 2.30. The van der Waals surface area contributed by atoms with Crippen molar-refractivity contribution in [3.05, 3.63) is 64.0 Å². The Morgan fingerprint density at radius 3 is 2.66 bits per heavy atom. The number of amides is 1. The molecule has 1 saturated heterocycles. The number of rotatable bonds is 4. The minimum absolute atomic E-state index is 0.0469. The number of aromatic nitrogens is 1. The van der Waals surface area contributed by atoms with Crippen LogP contribution in [0.5, 0.6) is 0 Å². The third-order valence-corrected chi connectivity index (χ3v) is 8.18. The van der Waals surface area contributed by atoms with Crippen molar-refractivity contribution in [3.63, 3.8) is 0 Å². The Morgan fingerprint density at radius 2 is 1.93 bits per heavy atom. The van der Waals surface area contributed by atoms with Crippen molar-refractivity contribution in [1.29, 1.82) is 0 Å². The van der Waals surface area contributed by atoms with Crippen molar-refractivity contribution in [2.45, 2.75) is 37.8 Å². The van der Waals surface area contributed by atoms with Crippen LogP contribution in [0.4, 0.5) is 0 Å². The molecule has 1 aliphatic heterocycles. The fourth-order valence-corrected chi connectivity index (χ4v) is 6.26. The molecule has 1 amide bonds. The van der Waals surface area contributed by atoms with E-state index in [1.54, 1.807) is 22.7 Å². The lowest BCUT2D eigenvalue weighted by Crippen LogP contribution is -2.51. The third-order valence-electron chi connectivity index (χ3n) is 6.30. The quantitative estimate of drug-likeness (QED) is 0.617. The average Bonchev–Trinajstić information content (AvgIpc) is 3.52. The van der Waals surface area contributed by atoms with Crippen LogP contribution in [0.25, 0.3) is 9.88 Å². The van der Waals surface area contributed by atoms with Crippen molar-refractivity contribution in [2.75, 3.05) is 20.1 Å². The van der Waals surface area contributed by atoms with E-state index < -0.39 is 0 Å². The number of hydrogen-bond acceptors (Lipinski definition) is 5. The van der Waals surface area contributed by atoms with Crippen molar-refractivity contribution >= 4 is 28.6 Å². The maximum Gasteiger partial charge on any atom is 0.273 e. The summed E-state index contributed by atoms with van der Waals surface area (Å²) in [5.74, 6) is 0.0469. The maximum absolute atomic E-state index is 13.1. The highest BCUT2D eigenvalue weighted by molar-refractivity contribution is 7.20. The lowest BCUT2D eigenvalue weighted by atomic mass is 10.0. The van der Waals surface area contributed by atoms with Gasteiger partial charge in [0.05, 0.1) is 4.88 Å². The molecule has 2 aromatic heterocycles. The van der Waals surface area contributed by atoms with E-state index in [4.69, 9.17) is 0 Å². The molecule has 5 rings (SSSR count). The Labute approximate surface area is 179 Å². The predicted octanol–water partition coefficient (Wildman–Crippen LogP) is 4.58. The summed E-state index contributed by atoms with van der Waals surface area (Å²) in [6.07, 6.45) is 4.49. The van der Waals surface area contributed by atoms with Gasteiger partial charge in [-0.2, -0.15) is 0 Å². The summed E-state index contributed by atoms with van der Waals surface area (Å²) in [4.78, 5) is 23.4. The molecular weight excluding hydrogens is 398 g/mol. The largest absolute Gasteiger partial charge is 0.336 e. The second-order valence-electron chi connectivity index (χ2n) is 8.05. The highest BCUT2D eigenvalue weighted by Gasteiger charge is 2.33. The van der Waals surface area contributed by atoms with Crippen LogP contribution in [0.15, 0.2) is 47.2 Å². The summed E-state index contributed by atoms with van der Waals surface area (Å²) < 4.78 is 0. The Balaban J connectivity index is 1.25. The smallest absolute Gasteiger partial charge is 0.273 e. The highest BCUT2D eigenvalue weighted by atomic mass is 32.1. The van der Waals surface area contributed by atoms with Crippen molar-refractivity contribution in [2.24, 2.45) is 0 Å². The molecular formula is C23H25N3OS2. The van der Waals surface area contributed by atoms with E-state index in [1.165, 1.54) is 11.1 Å². The van der Waals surface area contributed by atoms with E-state index in [1.807, 2.05) is 28.8 Å². The molecule has 0 saturated carbocycles. The minimum Gasteiger partial charge on any atom is -0.336 e. The summed E-state index contributed by atoms with van der Waals surface area (Å²) in [6, 6.07) is 13.7. The number of benzene rings is 1. The van der Waals surface area contributed by atoms with Gasteiger partial charge >= 0.3 is 0 Å². The number of nitrogens with zero attached hydrogens (tertiary/aromatic N) is 3. The number of carbonyl (C=O) groups is 1. The van der Waals surface area contributed by atoms with Crippen LogP contribution in [0, 0.1) is 0 Å². The topological polar surface area (TPSA) is 36.4 Å².